The molecule has 0 unspecified atom stereocenters. The van der Waals surface area contributed by atoms with Crippen LogP contribution >= 0.6 is 11.3 Å². The van der Waals surface area contributed by atoms with Crippen molar-refractivity contribution in [3.8, 4) is 11.3 Å². The minimum atomic E-state index is 0.970. The Morgan fingerprint density at radius 3 is 2.65 bits per heavy atom. The molecule has 0 amide bonds. The summed E-state index contributed by atoms with van der Waals surface area (Å²) in [7, 11) is 0. The Labute approximate surface area is 120 Å². The Morgan fingerprint density at radius 1 is 1.05 bits per heavy atom. The molecule has 3 heteroatoms. The van der Waals surface area contributed by atoms with Crippen LogP contribution in [-0.2, 0) is 0 Å². The number of pyridine rings is 1. The summed E-state index contributed by atoms with van der Waals surface area (Å²) < 4.78 is 7.97. The third-order valence-corrected chi connectivity index (χ3v) is 4.64. The zero-order chi connectivity index (χ0) is 13.7. The number of aromatic nitrogens is 1. The first kappa shape index (κ1) is 11.7. The third kappa shape index (κ3) is 1.67. The fourth-order valence-electron chi connectivity index (χ4n) is 2.73. The highest BCUT2D eigenvalue weighted by atomic mass is 32.1. The van der Waals surface area contributed by atoms with E-state index in [0.717, 1.165) is 16.7 Å². The van der Waals surface area contributed by atoms with Crippen LogP contribution in [0.2, 0.25) is 0 Å². The lowest BCUT2D eigenvalue weighted by atomic mass is 10.0. The summed E-state index contributed by atoms with van der Waals surface area (Å²) in [5.41, 5.74) is 5.72. The van der Waals surface area contributed by atoms with Gasteiger partial charge in [0.05, 0.1) is 21.4 Å². The summed E-state index contributed by atoms with van der Waals surface area (Å²) in [6.07, 6.45) is 3.61. The number of nitrogens with zero attached hydrogens (tertiary/aromatic N) is 1. The van der Waals surface area contributed by atoms with Crippen molar-refractivity contribution in [2.75, 3.05) is 0 Å². The summed E-state index contributed by atoms with van der Waals surface area (Å²) >= 11 is 1.75. The average molecular weight is 279 g/mol. The summed E-state index contributed by atoms with van der Waals surface area (Å²) in [5.74, 6) is 0. The monoisotopic (exact) mass is 279 g/mol. The molecule has 98 valence electrons. The standard InChI is InChI=1S/C17H13NOS/c1-10-7-11(2)9-12(8-10)15-17-13(3-5-18-15)16-14(20-17)4-6-19-16/h3-9H,1-2H3. The van der Waals surface area contributed by atoms with Crippen molar-refractivity contribution in [3.63, 3.8) is 0 Å². The third-order valence-electron chi connectivity index (χ3n) is 3.49. The number of thiophene rings is 1. The van der Waals surface area contributed by atoms with E-state index in [0.29, 0.717) is 0 Å². The van der Waals surface area contributed by atoms with Crippen molar-refractivity contribution >= 4 is 31.7 Å². The number of benzene rings is 1. The van der Waals surface area contributed by atoms with E-state index in [2.05, 4.69) is 37.0 Å². The van der Waals surface area contributed by atoms with Crippen molar-refractivity contribution in [2.24, 2.45) is 0 Å². The molecular weight excluding hydrogens is 266 g/mol. The zero-order valence-electron chi connectivity index (χ0n) is 11.3. The molecule has 0 aliphatic heterocycles. The van der Waals surface area contributed by atoms with Crippen LogP contribution < -0.4 is 0 Å². The van der Waals surface area contributed by atoms with Gasteiger partial charge >= 0.3 is 0 Å². The predicted octanol–water partition coefficient (Wildman–Crippen LogP) is 5.33. The van der Waals surface area contributed by atoms with Crippen molar-refractivity contribution in [1.29, 1.82) is 0 Å². The Kier molecular flexibility index (Phi) is 2.44. The number of fused-ring (bicyclic) bond motifs is 3. The maximum absolute atomic E-state index is 5.59. The second-order valence-corrected chi connectivity index (χ2v) is 6.18. The van der Waals surface area contributed by atoms with Gasteiger partial charge in [0.1, 0.15) is 0 Å². The van der Waals surface area contributed by atoms with Crippen molar-refractivity contribution < 1.29 is 4.42 Å². The first-order valence-corrected chi connectivity index (χ1v) is 7.37. The molecule has 4 rings (SSSR count). The van der Waals surface area contributed by atoms with E-state index >= 15 is 0 Å². The lowest BCUT2D eigenvalue weighted by molar-refractivity contribution is 0.619. The van der Waals surface area contributed by atoms with Gasteiger partial charge in [0, 0.05) is 17.1 Å². The normalized spacial score (nSPS) is 11.5. The summed E-state index contributed by atoms with van der Waals surface area (Å²) in [6, 6.07) is 10.6. The molecule has 3 aromatic heterocycles. The van der Waals surface area contributed by atoms with Gasteiger partial charge < -0.3 is 4.42 Å². The van der Waals surface area contributed by atoms with Crippen LogP contribution in [0, 0.1) is 13.8 Å². The quantitative estimate of drug-likeness (QED) is 0.471. The van der Waals surface area contributed by atoms with Gasteiger partial charge in [0.2, 0.25) is 0 Å². The van der Waals surface area contributed by atoms with Crippen LogP contribution in [0.5, 0.6) is 0 Å². The summed E-state index contributed by atoms with van der Waals surface area (Å²) in [4.78, 5) is 4.60. The summed E-state index contributed by atoms with van der Waals surface area (Å²) in [5, 5.41) is 1.15. The van der Waals surface area contributed by atoms with E-state index in [1.165, 1.54) is 26.1 Å². The molecule has 4 aromatic rings. The minimum absolute atomic E-state index is 0.970. The van der Waals surface area contributed by atoms with Crippen LogP contribution in [-0.4, -0.2) is 4.98 Å². The number of hydrogen-bond donors (Lipinski definition) is 0. The molecule has 0 bridgehead atoms. The molecule has 3 heterocycles. The molecule has 0 N–H and O–H groups in total. The SMILES string of the molecule is Cc1cc(C)cc(-c2nccc3c2sc2ccoc23)c1. The van der Waals surface area contributed by atoms with Gasteiger partial charge in [-0.3, -0.25) is 4.98 Å². The molecule has 0 atom stereocenters. The molecule has 1 aromatic carbocycles. The van der Waals surface area contributed by atoms with E-state index in [1.807, 2.05) is 18.3 Å². The number of aryl methyl sites for hydroxylation is 2. The van der Waals surface area contributed by atoms with Crippen LogP contribution in [0.1, 0.15) is 11.1 Å². The molecule has 0 aliphatic rings. The van der Waals surface area contributed by atoms with Gasteiger partial charge in [0.25, 0.3) is 0 Å². The van der Waals surface area contributed by atoms with Crippen LogP contribution in [0.25, 0.3) is 31.6 Å². The van der Waals surface area contributed by atoms with Gasteiger partial charge in [-0.15, -0.1) is 11.3 Å². The van der Waals surface area contributed by atoms with Crippen molar-refractivity contribution in [3.05, 3.63) is 53.9 Å². The van der Waals surface area contributed by atoms with Crippen molar-refractivity contribution in [2.45, 2.75) is 13.8 Å². The van der Waals surface area contributed by atoms with E-state index < -0.39 is 0 Å². The Morgan fingerprint density at radius 2 is 1.85 bits per heavy atom. The predicted molar refractivity (Wildman–Crippen MR) is 84.3 cm³/mol. The van der Waals surface area contributed by atoms with Gasteiger partial charge in [-0.2, -0.15) is 0 Å². The summed E-state index contributed by atoms with van der Waals surface area (Å²) in [6.45, 7) is 4.24. The van der Waals surface area contributed by atoms with E-state index in [4.69, 9.17) is 4.42 Å². The molecule has 0 spiro atoms. The first-order valence-electron chi connectivity index (χ1n) is 6.56. The first-order chi connectivity index (χ1) is 9.72. The lowest BCUT2D eigenvalue weighted by Gasteiger charge is -2.05. The van der Waals surface area contributed by atoms with E-state index in [1.54, 1.807) is 17.6 Å². The average Bonchev–Trinajstić information content (AvgIpc) is 2.97. The highest BCUT2D eigenvalue weighted by molar-refractivity contribution is 7.26. The molecule has 0 fully saturated rings. The Balaban J connectivity index is 2.08. The lowest BCUT2D eigenvalue weighted by Crippen LogP contribution is -1.86. The molecule has 0 radical (unpaired) electrons. The smallest absolute Gasteiger partial charge is 0.152 e. The van der Waals surface area contributed by atoms with Crippen LogP contribution in [0.4, 0.5) is 0 Å². The second-order valence-electron chi connectivity index (χ2n) is 5.13. The maximum atomic E-state index is 5.59. The molecule has 2 nitrogen and oxygen atoms in total. The second kappa shape index (κ2) is 4.18. The van der Waals surface area contributed by atoms with Gasteiger partial charge in [-0.25, -0.2) is 0 Å². The molecule has 0 saturated carbocycles. The maximum Gasteiger partial charge on any atom is 0.152 e. The highest BCUT2D eigenvalue weighted by Crippen LogP contribution is 2.39. The van der Waals surface area contributed by atoms with Crippen molar-refractivity contribution in [1.82, 2.24) is 4.98 Å². The number of furan rings is 1. The Hall–Kier alpha value is -2.13. The fourth-order valence-corrected chi connectivity index (χ4v) is 3.86. The van der Waals surface area contributed by atoms with Gasteiger partial charge in [0.15, 0.2) is 5.58 Å². The molecule has 20 heavy (non-hydrogen) atoms. The highest BCUT2D eigenvalue weighted by Gasteiger charge is 2.13. The van der Waals surface area contributed by atoms with E-state index in [-0.39, 0.29) is 0 Å². The zero-order valence-corrected chi connectivity index (χ0v) is 12.1. The fraction of sp³-hybridized carbons (Fsp3) is 0.118. The van der Waals surface area contributed by atoms with Crippen LogP contribution in [0.15, 0.2) is 47.2 Å². The largest absolute Gasteiger partial charge is 0.463 e. The molecule has 0 aliphatic carbocycles. The number of hydrogen-bond acceptors (Lipinski definition) is 3. The molecule has 0 saturated heterocycles. The Bertz CT molecular complexity index is 912. The number of rotatable bonds is 1. The topological polar surface area (TPSA) is 26.0 Å². The van der Waals surface area contributed by atoms with Gasteiger partial charge in [-0.1, -0.05) is 17.2 Å². The van der Waals surface area contributed by atoms with Gasteiger partial charge in [-0.05, 0) is 38.1 Å². The van der Waals surface area contributed by atoms with E-state index in [9.17, 15) is 0 Å². The molecular formula is C17H13NOS. The minimum Gasteiger partial charge on any atom is -0.463 e. The van der Waals surface area contributed by atoms with Crippen LogP contribution in [0.3, 0.4) is 0 Å².